The SMILES string of the molecule is C=CCN(CC=C)C(=O)[C@@H](C)Cl. The van der Waals surface area contributed by atoms with Crippen LogP contribution in [-0.4, -0.2) is 29.3 Å². The molecule has 0 fully saturated rings. The molecule has 0 aliphatic heterocycles. The molecular formula is C9H14ClNO. The number of hydrogen-bond acceptors (Lipinski definition) is 1. The summed E-state index contributed by atoms with van der Waals surface area (Å²) in [6, 6.07) is 0. The summed E-state index contributed by atoms with van der Waals surface area (Å²) in [4.78, 5) is 12.9. The van der Waals surface area contributed by atoms with Crippen molar-refractivity contribution in [2.24, 2.45) is 0 Å². The van der Waals surface area contributed by atoms with Gasteiger partial charge in [-0.15, -0.1) is 24.8 Å². The van der Waals surface area contributed by atoms with E-state index in [4.69, 9.17) is 11.6 Å². The van der Waals surface area contributed by atoms with Gasteiger partial charge in [0.25, 0.3) is 0 Å². The topological polar surface area (TPSA) is 20.3 Å². The van der Waals surface area contributed by atoms with E-state index < -0.39 is 5.38 Å². The number of carbonyl (C=O) groups is 1. The van der Waals surface area contributed by atoms with Crippen molar-refractivity contribution in [3.8, 4) is 0 Å². The van der Waals surface area contributed by atoms with Crippen molar-refractivity contribution in [3.63, 3.8) is 0 Å². The summed E-state index contributed by atoms with van der Waals surface area (Å²) < 4.78 is 0. The second-order valence-electron chi connectivity index (χ2n) is 2.44. The molecule has 0 spiro atoms. The van der Waals surface area contributed by atoms with Crippen LogP contribution >= 0.6 is 11.6 Å². The summed E-state index contributed by atoms with van der Waals surface area (Å²) in [7, 11) is 0. The summed E-state index contributed by atoms with van der Waals surface area (Å²) in [5.74, 6) is -0.0866. The minimum atomic E-state index is -0.482. The predicted octanol–water partition coefficient (Wildman–Crippen LogP) is 1.81. The lowest BCUT2D eigenvalue weighted by molar-refractivity contribution is -0.129. The van der Waals surface area contributed by atoms with Crippen LogP contribution in [0.1, 0.15) is 6.92 Å². The lowest BCUT2D eigenvalue weighted by atomic mass is 10.3. The van der Waals surface area contributed by atoms with Crippen LogP contribution in [0.4, 0.5) is 0 Å². The Morgan fingerprint density at radius 2 is 1.92 bits per heavy atom. The molecule has 12 heavy (non-hydrogen) atoms. The van der Waals surface area contributed by atoms with Crippen molar-refractivity contribution >= 4 is 17.5 Å². The molecule has 0 bridgehead atoms. The van der Waals surface area contributed by atoms with Gasteiger partial charge in [-0.3, -0.25) is 4.79 Å². The second kappa shape index (κ2) is 5.84. The molecule has 1 amide bonds. The number of carbonyl (C=O) groups excluding carboxylic acids is 1. The van der Waals surface area contributed by atoms with Gasteiger partial charge < -0.3 is 4.90 Å². The molecule has 0 rings (SSSR count). The predicted molar refractivity (Wildman–Crippen MR) is 52.3 cm³/mol. The highest BCUT2D eigenvalue weighted by Crippen LogP contribution is 2.01. The standard InChI is InChI=1S/C9H14ClNO/c1-4-6-11(7-5-2)9(12)8(3)10/h4-5,8H,1-2,6-7H2,3H3/t8-/m1/s1. The maximum Gasteiger partial charge on any atom is 0.240 e. The van der Waals surface area contributed by atoms with Crippen LogP contribution in [0, 0.1) is 0 Å². The molecule has 0 aromatic carbocycles. The summed E-state index contributed by atoms with van der Waals surface area (Å²) >= 11 is 5.63. The van der Waals surface area contributed by atoms with Gasteiger partial charge in [-0.1, -0.05) is 12.2 Å². The van der Waals surface area contributed by atoms with Gasteiger partial charge >= 0.3 is 0 Å². The Balaban J connectivity index is 4.17. The van der Waals surface area contributed by atoms with Crippen molar-refractivity contribution in [2.45, 2.75) is 12.3 Å². The van der Waals surface area contributed by atoms with E-state index in [0.29, 0.717) is 13.1 Å². The van der Waals surface area contributed by atoms with Crippen molar-refractivity contribution < 1.29 is 4.79 Å². The van der Waals surface area contributed by atoms with E-state index in [1.54, 1.807) is 24.0 Å². The molecule has 0 saturated heterocycles. The van der Waals surface area contributed by atoms with Gasteiger partial charge in [0.05, 0.1) is 0 Å². The van der Waals surface area contributed by atoms with Gasteiger partial charge in [0, 0.05) is 13.1 Å². The monoisotopic (exact) mass is 187 g/mol. The lowest BCUT2D eigenvalue weighted by Crippen LogP contribution is -2.35. The van der Waals surface area contributed by atoms with Crippen LogP contribution in [0.5, 0.6) is 0 Å². The maximum absolute atomic E-state index is 11.3. The molecule has 68 valence electrons. The van der Waals surface area contributed by atoms with Crippen LogP contribution in [0.25, 0.3) is 0 Å². The van der Waals surface area contributed by atoms with Crippen LogP contribution in [-0.2, 0) is 4.79 Å². The minimum Gasteiger partial charge on any atom is -0.334 e. The fraction of sp³-hybridized carbons (Fsp3) is 0.444. The Labute approximate surface area is 78.5 Å². The molecular weight excluding hydrogens is 174 g/mol. The Hall–Kier alpha value is -0.760. The summed E-state index contributed by atoms with van der Waals surface area (Å²) in [5.41, 5.74) is 0. The van der Waals surface area contributed by atoms with Crippen LogP contribution < -0.4 is 0 Å². The molecule has 0 unspecified atom stereocenters. The molecule has 0 heterocycles. The first-order valence-corrected chi connectivity index (χ1v) is 4.21. The number of halogens is 1. The third-order valence-electron chi connectivity index (χ3n) is 1.35. The Morgan fingerprint density at radius 3 is 2.17 bits per heavy atom. The molecule has 1 atom stereocenters. The molecule has 3 heteroatoms. The molecule has 0 radical (unpaired) electrons. The average Bonchev–Trinajstić information content (AvgIpc) is 2.03. The highest BCUT2D eigenvalue weighted by atomic mass is 35.5. The van der Waals surface area contributed by atoms with Gasteiger partial charge in [-0.2, -0.15) is 0 Å². The minimum absolute atomic E-state index is 0.0866. The lowest BCUT2D eigenvalue weighted by Gasteiger charge is -2.20. The molecule has 0 aromatic heterocycles. The van der Waals surface area contributed by atoms with Gasteiger partial charge in [0.1, 0.15) is 5.38 Å². The van der Waals surface area contributed by atoms with Gasteiger partial charge in [0.2, 0.25) is 5.91 Å². The fourth-order valence-electron chi connectivity index (χ4n) is 0.818. The van der Waals surface area contributed by atoms with E-state index in [2.05, 4.69) is 13.2 Å². The zero-order valence-electron chi connectivity index (χ0n) is 7.29. The number of amides is 1. The van der Waals surface area contributed by atoms with Crippen molar-refractivity contribution in [1.29, 1.82) is 0 Å². The highest BCUT2D eigenvalue weighted by Gasteiger charge is 2.15. The van der Waals surface area contributed by atoms with E-state index in [1.807, 2.05) is 0 Å². The normalized spacial score (nSPS) is 11.8. The Bertz CT molecular complexity index is 167. The van der Waals surface area contributed by atoms with Crippen LogP contribution in [0.15, 0.2) is 25.3 Å². The van der Waals surface area contributed by atoms with E-state index in [1.165, 1.54) is 0 Å². The average molecular weight is 188 g/mol. The van der Waals surface area contributed by atoms with Crippen molar-refractivity contribution in [3.05, 3.63) is 25.3 Å². The summed E-state index contributed by atoms with van der Waals surface area (Å²) in [6.45, 7) is 9.79. The van der Waals surface area contributed by atoms with E-state index in [-0.39, 0.29) is 5.91 Å². The van der Waals surface area contributed by atoms with E-state index in [9.17, 15) is 4.79 Å². The highest BCUT2D eigenvalue weighted by molar-refractivity contribution is 6.30. The number of rotatable bonds is 5. The summed E-state index contributed by atoms with van der Waals surface area (Å²) in [6.07, 6.45) is 3.33. The third-order valence-corrected chi connectivity index (χ3v) is 1.54. The largest absolute Gasteiger partial charge is 0.334 e. The zero-order chi connectivity index (χ0) is 9.56. The maximum atomic E-state index is 11.3. The fourth-order valence-corrected chi connectivity index (χ4v) is 0.956. The first kappa shape index (κ1) is 11.2. The zero-order valence-corrected chi connectivity index (χ0v) is 8.05. The van der Waals surface area contributed by atoms with E-state index >= 15 is 0 Å². The van der Waals surface area contributed by atoms with Crippen LogP contribution in [0.2, 0.25) is 0 Å². The van der Waals surface area contributed by atoms with Crippen LogP contribution in [0.3, 0.4) is 0 Å². The molecule has 0 aliphatic carbocycles. The molecule has 2 nitrogen and oxygen atoms in total. The van der Waals surface area contributed by atoms with Crippen molar-refractivity contribution in [1.82, 2.24) is 4.90 Å². The third kappa shape index (κ3) is 3.58. The molecule has 0 aromatic rings. The van der Waals surface area contributed by atoms with E-state index in [0.717, 1.165) is 0 Å². The van der Waals surface area contributed by atoms with Gasteiger partial charge in [-0.25, -0.2) is 0 Å². The molecule has 0 aliphatic rings. The molecule has 0 N–H and O–H groups in total. The first-order valence-electron chi connectivity index (χ1n) is 3.78. The number of nitrogens with zero attached hydrogens (tertiary/aromatic N) is 1. The first-order chi connectivity index (χ1) is 5.63. The number of alkyl halides is 1. The van der Waals surface area contributed by atoms with Crippen molar-refractivity contribution in [2.75, 3.05) is 13.1 Å². The Kier molecular flexibility index (Phi) is 5.47. The van der Waals surface area contributed by atoms with Gasteiger partial charge in [-0.05, 0) is 6.92 Å². The smallest absolute Gasteiger partial charge is 0.240 e. The van der Waals surface area contributed by atoms with Gasteiger partial charge in [0.15, 0.2) is 0 Å². The number of hydrogen-bond donors (Lipinski definition) is 0. The Morgan fingerprint density at radius 1 is 1.50 bits per heavy atom. The molecule has 0 saturated carbocycles. The summed E-state index contributed by atoms with van der Waals surface area (Å²) in [5, 5.41) is -0.482. The quantitative estimate of drug-likeness (QED) is 0.475. The second-order valence-corrected chi connectivity index (χ2v) is 3.09.